The number of rotatable bonds is 4. The lowest BCUT2D eigenvalue weighted by Crippen LogP contribution is -2.40. The lowest BCUT2D eigenvalue weighted by atomic mass is 10.2. The van der Waals surface area contributed by atoms with Crippen molar-refractivity contribution in [1.29, 1.82) is 0 Å². The van der Waals surface area contributed by atoms with Gasteiger partial charge in [-0.05, 0) is 47.0 Å². The molecular weight excluding hydrogens is 334 g/mol. The smallest absolute Gasteiger partial charge is 0.194 e. The number of aliphatic imine (C=N–C) groups is 1. The minimum atomic E-state index is -0.246. The van der Waals surface area contributed by atoms with Crippen molar-refractivity contribution in [3.63, 3.8) is 0 Å². The zero-order valence-corrected chi connectivity index (χ0v) is 14.1. The minimum Gasteiger partial charge on any atom is -0.496 e. The SMILES string of the molecule is CCNC(=NCc1ccc(OC)c(Br)c1)N1CC[C@@H](O)C1. The number of nitrogens with one attached hydrogen (secondary N) is 1. The molecule has 2 rings (SSSR count). The van der Waals surface area contributed by atoms with Crippen molar-refractivity contribution >= 4 is 21.9 Å². The van der Waals surface area contributed by atoms with Crippen molar-refractivity contribution in [3.8, 4) is 5.75 Å². The van der Waals surface area contributed by atoms with Gasteiger partial charge in [-0.25, -0.2) is 4.99 Å². The Bertz CT molecular complexity index is 508. The number of methoxy groups -OCH3 is 1. The number of hydrogen-bond donors (Lipinski definition) is 2. The number of nitrogens with zero attached hydrogens (tertiary/aromatic N) is 2. The summed E-state index contributed by atoms with van der Waals surface area (Å²) in [5.41, 5.74) is 1.11. The number of aliphatic hydroxyl groups is 1. The van der Waals surface area contributed by atoms with Crippen molar-refractivity contribution in [3.05, 3.63) is 28.2 Å². The molecule has 1 fully saturated rings. The summed E-state index contributed by atoms with van der Waals surface area (Å²) >= 11 is 3.49. The molecule has 0 bridgehead atoms. The highest BCUT2D eigenvalue weighted by molar-refractivity contribution is 9.10. The second-order valence-corrected chi connectivity index (χ2v) is 5.88. The summed E-state index contributed by atoms with van der Waals surface area (Å²) < 4.78 is 6.16. The Morgan fingerprint density at radius 1 is 1.57 bits per heavy atom. The van der Waals surface area contributed by atoms with Crippen LogP contribution < -0.4 is 10.1 Å². The molecule has 5 nitrogen and oxygen atoms in total. The number of ether oxygens (including phenoxy) is 1. The molecule has 116 valence electrons. The van der Waals surface area contributed by atoms with Crippen LogP contribution in [0.3, 0.4) is 0 Å². The first kappa shape index (κ1) is 16.1. The van der Waals surface area contributed by atoms with Gasteiger partial charge in [0, 0.05) is 19.6 Å². The molecular formula is C15H22BrN3O2. The maximum absolute atomic E-state index is 9.65. The maximum Gasteiger partial charge on any atom is 0.194 e. The van der Waals surface area contributed by atoms with E-state index in [0.717, 1.165) is 41.3 Å². The molecule has 2 N–H and O–H groups in total. The van der Waals surface area contributed by atoms with Gasteiger partial charge in [0.25, 0.3) is 0 Å². The second kappa shape index (κ2) is 7.66. The Labute approximate surface area is 134 Å². The van der Waals surface area contributed by atoms with E-state index in [2.05, 4.69) is 31.1 Å². The molecule has 0 spiro atoms. The number of hydrogen-bond acceptors (Lipinski definition) is 3. The second-order valence-electron chi connectivity index (χ2n) is 5.03. The Hall–Kier alpha value is -1.27. The van der Waals surface area contributed by atoms with E-state index in [0.29, 0.717) is 13.1 Å². The third-order valence-corrected chi connectivity index (χ3v) is 4.05. The van der Waals surface area contributed by atoms with Gasteiger partial charge in [0.2, 0.25) is 0 Å². The Morgan fingerprint density at radius 2 is 2.38 bits per heavy atom. The van der Waals surface area contributed by atoms with Gasteiger partial charge < -0.3 is 20.1 Å². The van der Waals surface area contributed by atoms with Crippen molar-refractivity contribution < 1.29 is 9.84 Å². The third kappa shape index (κ3) is 4.35. The summed E-state index contributed by atoms with van der Waals surface area (Å²) in [4.78, 5) is 6.76. The molecule has 1 aliphatic rings. The first-order valence-corrected chi connectivity index (χ1v) is 7.97. The van der Waals surface area contributed by atoms with E-state index < -0.39 is 0 Å². The monoisotopic (exact) mass is 355 g/mol. The molecule has 0 unspecified atom stereocenters. The van der Waals surface area contributed by atoms with Gasteiger partial charge in [0.1, 0.15) is 5.75 Å². The number of halogens is 1. The zero-order valence-electron chi connectivity index (χ0n) is 12.5. The molecule has 0 saturated carbocycles. The molecule has 1 aromatic rings. The summed E-state index contributed by atoms with van der Waals surface area (Å²) in [5, 5.41) is 12.9. The van der Waals surface area contributed by atoms with Crippen molar-refractivity contribution in [2.75, 3.05) is 26.7 Å². The van der Waals surface area contributed by atoms with Crippen LogP contribution >= 0.6 is 15.9 Å². The molecule has 0 aromatic heterocycles. The molecule has 21 heavy (non-hydrogen) atoms. The van der Waals surface area contributed by atoms with Gasteiger partial charge >= 0.3 is 0 Å². The highest BCUT2D eigenvalue weighted by atomic mass is 79.9. The number of guanidine groups is 1. The average Bonchev–Trinajstić information content (AvgIpc) is 2.90. The molecule has 1 atom stereocenters. The lowest BCUT2D eigenvalue weighted by molar-refractivity contribution is 0.188. The molecule has 6 heteroatoms. The van der Waals surface area contributed by atoms with Gasteiger partial charge in [-0.15, -0.1) is 0 Å². The summed E-state index contributed by atoms with van der Waals surface area (Å²) in [6.07, 6.45) is 0.558. The summed E-state index contributed by atoms with van der Waals surface area (Å²) in [7, 11) is 1.65. The number of likely N-dealkylation sites (tertiary alicyclic amines) is 1. The van der Waals surface area contributed by atoms with Crippen LogP contribution in [0.25, 0.3) is 0 Å². The highest BCUT2D eigenvalue weighted by Crippen LogP contribution is 2.25. The fourth-order valence-electron chi connectivity index (χ4n) is 2.33. The fourth-order valence-corrected chi connectivity index (χ4v) is 2.92. The zero-order chi connectivity index (χ0) is 15.2. The van der Waals surface area contributed by atoms with E-state index in [9.17, 15) is 5.11 Å². The van der Waals surface area contributed by atoms with E-state index in [4.69, 9.17) is 4.74 Å². The highest BCUT2D eigenvalue weighted by Gasteiger charge is 2.22. The molecule has 0 aliphatic carbocycles. The van der Waals surface area contributed by atoms with Gasteiger partial charge in [-0.2, -0.15) is 0 Å². The standard InChI is InChI=1S/C15H22BrN3O2/c1-3-17-15(19-7-6-12(20)10-19)18-9-11-4-5-14(21-2)13(16)8-11/h4-5,8,12,20H,3,6-7,9-10H2,1-2H3,(H,17,18)/t12-/m1/s1. The lowest BCUT2D eigenvalue weighted by Gasteiger charge is -2.21. The van der Waals surface area contributed by atoms with E-state index in [-0.39, 0.29) is 6.10 Å². The number of aliphatic hydroxyl groups excluding tert-OH is 1. The van der Waals surface area contributed by atoms with Crippen LogP contribution in [0.15, 0.2) is 27.7 Å². The van der Waals surface area contributed by atoms with Crippen LogP contribution in [0.1, 0.15) is 18.9 Å². The average molecular weight is 356 g/mol. The van der Waals surface area contributed by atoms with Crippen LogP contribution in [-0.2, 0) is 6.54 Å². The quantitative estimate of drug-likeness (QED) is 0.640. The van der Waals surface area contributed by atoms with E-state index in [1.54, 1.807) is 7.11 Å². The Kier molecular flexibility index (Phi) is 5.87. The molecule has 1 aliphatic heterocycles. The van der Waals surface area contributed by atoms with Gasteiger partial charge in [0.15, 0.2) is 5.96 Å². The summed E-state index contributed by atoms with van der Waals surface area (Å²) in [6.45, 7) is 4.96. The predicted octanol–water partition coefficient (Wildman–Crippen LogP) is 1.99. The third-order valence-electron chi connectivity index (χ3n) is 3.43. The van der Waals surface area contributed by atoms with Crippen LogP contribution in [-0.4, -0.2) is 48.8 Å². The minimum absolute atomic E-state index is 0.246. The number of β-amino-alcohol motifs (C(OH)–C–C–N with tert-alkyl or cyclic N) is 1. The molecule has 0 amide bonds. The predicted molar refractivity (Wildman–Crippen MR) is 87.7 cm³/mol. The summed E-state index contributed by atoms with van der Waals surface area (Å²) in [6, 6.07) is 5.96. The molecule has 1 heterocycles. The van der Waals surface area contributed by atoms with Crippen LogP contribution in [0.5, 0.6) is 5.75 Å². The van der Waals surface area contributed by atoms with Gasteiger partial charge in [0.05, 0.1) is 24.2 Å². The largest absolute Gasteiger partial charge is 0.496 e. The van der Waals surface area contributed by atoms with Crippen molar-refractivity contribution in [2.45, 2.75) is 26.0 Å². The molecule has 0 radical (unpaired) electrons. The van der Waals surface area contributed by atoms with Crippen LogP contribution in [0, 0.1) is 0 Å². The van der Waals surface area contributed by atoms with Crippen LogP contribution in [0.2, 0.25) is 0 Å². The number of benzene rings is 1. The first-order valence-electron chi connectivity index (χ1n) is 7.17. The Morgan fingerprint density at radius 3 is 2.95 bits per heavy atom. The maximum atomic E-state index is 9.65. The topological polar surface area (TPSA) is 57.1 Å². The fraction of sp³-hybridized carbons (Fsp3) is 0.533. The van der Waals surface area contributed by atoms with Gasteiger partial charge in [-0.3, -0.25) is 0 Å². The summed E-state index contributed by atoms with van der Waals surface area (Å²) in [5.74, 6) is 1.68. The van der Waals surface area contributed by atoms with Crippen molar-refractivity contribution in [1.82, 2.24) is 10.2 Å². The van der Waals surface area contributed by atoms with Crippen molar-refractivity contribution in [2.24, 2.45) is 4.99 Å². The van der Waals surface area contributed by atoms with Crippen LogP contribution in [0.4, 0.5) is 0 Å². The first-order chi connectivity index (χ1) is 10.1. The Balaban J connectivity index is 2.06. The van der Waals surface area contributed by atoms with E-state index in [1.165, 1.54) is 0 Å². The van der Waals surface area contributed by atoms with Gasteiger partial charge in [-0.1, -0.05) is 6.07 Å². The van der Waals surface area contributed by atoms with E-state index >= 15 is 0 Å². The normalized spacial score (nSPS) is 19.0. The van der Waals surface area contributed by atoms with E-state index in [1.807, 2.05) is 25.1 Å². The molecule has 1 aromatic carbocycles. The molecule has 1 saturated heterocycles.